The maximum atomic E-state index is 11.7. The van der Waals surface area contributed by atoms with Crippen LogP contribution in [0.3, 0.4) is 0 Å². The fourth-order valence-electron chi connectivity index (χ4n) is 2.03. The number of halogens is 1. The number of guanidine groups is 1. The van der Waals surface area contributed by atoms with E-state index in [1.165, 1.54) is 4.90 Å². The Morgan fingerprint density at radius 2 is 1.95 bits per heavy atom. The summed E-state index contributed by atoms with van der Waals surface area (Å²) in [4.78, 5) is 13.2. The molecule has 0 spiro atoms. The molecule has 2 aromatic rings. The molecule has 0 saturated carbocycles. The number of likely N-dealkylation sites (N-methyl/N-ethyl adjacent to an activating group) is 1. The summed E-state index contributed by atoms with van der Waals surface area (Å²) in [5.74, 6) is 1.06. The van der Waals surface area contributed by atoms with Gasteiger partial charge in [0.15, 0.2) is 0 Å². The van der Waals surface area contributed by atoms with Gasteiger partial charge in [-0.25, -0.2) is 0 Å². The first-order valence-electron chi connectivity index (χ1n) is 6.26. The van der Waals surface area contributed by atoms with Crippen LogP contribution in [0, 0.1) is 5.41 Å². The van der Waals surface area contributed by atoms with Gasteiger partial charge >= 0.3 is 0 Å². The molecule has 0 radical (unpaired) electrons. The Labute approximate surface area is 129 Å². The van der Waals surface area contributed by atoms with Crippen LogP contribution in [0.15, 0.2) is 51.0 Å². The van der Waals surface area contributed by atoms with Gasteiger partial charge in [0, 0.05) is 23.2 Å². The zero-order valence-electron chi connectivity index (χ0n) is 11.2. The summed E-state index contributed by atoms with van der Waals surface area (Å²) in [7, 11) is 1.66. The Hall–Kier alpha value is -2.34. The van der Waals surface area contributed by atoms with Crippen LogP contribution >= 0.6 is 15.9 Å². The van der Waals surface area contributed by atoms with Crippen LogP contribution in [0.25, 0.3) is 17.4 Å². The summed E-state index contributed by atoms with van der Waals surface area (Å²) in [6.07, 6.45) is 1.62. The highest BCUT2D eigenvalue weighted by Gasteiger charge is 2.27. The second kappa shape index (κ2) is 5.21. The lowest BCUT2D eigenvalue weighted by Crippen LogP contribution is -2.25. The van der Waals surface area contributed by atoms with Crippen molar-refractivity contribution in [3.63, 3.8) is 0 Å². The average molecular weight is 346 g/mol. The molecule has 0 unspecified atom stereocenters. The molecule has 2 N–H and O–H groups in total. The van der Waals surface area contributed by atoms with E-state index in [2.05, 4.69) is 21.2 Å². The molecule has 6 heteroatoms. The molecular weight excluding hydrogens is 334 g/mol. The van der Waals surface area contributed by atoms with Crippen molar-refractivity contribution in [2.75, 3.05) is 7.05 Å². The predicted molar refractivity (Wildman–Crippen MR) is 83.5 cm³/mol. The Kier molecular flexibility index (Phi) is 3.39. The van der Waals surface area contributed by atoms with Gasteiger partial charge in [-0.3, -0.25) is 15.5 Å². The number of carbonyl (C=O) groups excluding carboxylic acids is 1. The number of carbonyl (C=O) groups is 1. The van der Waals surface area contributed by atoms with Crippen LogP contribution in [0.4, 0.5) is 0 Å². The van der Waals surface area contributed by atoms with Crippen LogP contribution in [0.1, 0.15) is 5.76 Å². The highest BCUT2D eigenvalue weighted by atomic mass is 79.9. The van der Waals surface area contributed by atoms with Crippen LogP contribution in [-0.2, 0) is 4.79 Å². The van der Waals surface area contributed by atoms with E-state index in [-0.39, 0.29) is 11.9 Å². The van der Waals surface area contributed by atoms with Crippen molar-refractivity contribution in [1.29, 1.82) is 5.41 Å². The number of nitrogens with one attached hydrogen (secondary N) is 2. The van der Waals surface area contributed by atoms with Gasteiger partial charge in [0.25, 0.3) is 5.91 Å². The van der Waals surface area contributed by atoms with Gasteiger partial charge in [0.2, 0.25) is 5.96 Å². The molecule has 1 aromatic carbocycles. The van der Waals surface area contributed by atoms with Crippen LogP contribution in [0.5, 0.6) is 0 Å². The monoisotopic (exact) mass is 345 g/mol. The van der Waals surface area contributed by atoms with Crippen LogP contribution in [0.2, 0.25) is 0 Å². The number of rotatable bonds is 2. The maximum Gasteiger partial charge on any atom is 0.274 e. The second-order valence-corrected chi connectivity index (χ2v) is 5.52. The molecule has 1 saturated heterocycles. The van der Waals surface area contributed by atoms with Gasteiger partial charge in [-0.05, 0) is 24.3 Å². The fourth-order valence-corrected chi connectivity index (χ4v) is 2.29. The van der Waals surface area contributed by atoms with E-state index in [0.717, 1.165) is 15.8 Å². The number of hydrogen-bond donors (Lipinski definition) is 2. The Morgan fingerprint density at radius 1 is 1.24 bits per heavy atom. The summed E-state index contributed by atoms with van der Waals surface area (Å²) in [6, 6.07) is 11.4. The fraction of sp³-hybridized carbons (Fsp3) is 0.0667. The quantitative estimate of drug-likeness (QED) is 0.822. The first-order valence-corrected chi connectivity index (χ1v) is 7.05. The van der Waals surface area contributed by atoms with Crippen molar-refractivity contribution in [1.82, 2.24) is 10.2 Å². The van der Waals surface area contributed by atoms with Crippen LogP contribution in [-0.4, -0.2) is 23.8 Å². The zero-order chi connectivity index (χ0) is 15.0. The van der Waals surface area contributed by atoms with Gasteiger partial charge in [0.1, 0.15) is 17.2 Å². The summed E-state index contributed by atoms with van der Waals surface area (Å²) in [6.45, 7) is 0. The van der Waals surface area contributed by atoms with E-state index in [4.69, 9.17) is 9.83 Å². The molecule has 1 aliphatic heterocycles. The molecule has 0 bridgehead atoms. The molecule has 1 aromatic heterocycles. The molecule has 1 fully saturated rings. The SMILES string of the molecule is CN1C(=N)NC(=O)/C1=C\c1ccc(-c2ccc(Br)cc2)o1. The largest absolute Gasteiger partial charge is 0.457 e. The van der Waals surface area contributed by atoms with E-state index in [9.17, 15) is 4.79 Å². The molecule has 5 nitrogen and oxygen atoms in total. The summed E-state index contributed by atoms with van der Waals surface area (Å²) >= 11 is 3.39. The van der Waals surface area contributed by atoms with Crippen molar-refractivity contribution in [2.45, 2.75) is 0 Å². The number of furan rings is 1. The molecule has 0 atom stereocenters. The van der Waals surface area contributed by atoms with Crippen molar-refractivity contribution < 1.29 is 9.21 Å². The van der Waals surface area contributed by atoms with Gasteiger partial charge in [-0.2, -0.15) is 0 Å². The highest BCUT2D eigenvalue weighted by molar-refractivity contribution is 9.10. The van der Waals surface area contributed by atoms with Gasteiger partial charge < -0.3 is 9.32 Å². The summed E-state index contributed by atoms with van der Waals surface area (Å²) < 4.78 is 6.74. The lowest BCUT2D eigenvalue weighted by atomic mass is 10.2. The van der Waals surface area contributed by atoms with Crippen molar-refractivity contribution >= 4 is 33.9 Å². The summed E-state index contributed by atoms with van der Waals surface area (Å²) in [5.41, 5.74) is 1.34. The lowest BCUT2D eigenvalue weighted by molar-refractivity contribution is -0.115. The number of amides is 1. The molecule has 1 aliphatic rings. The minimum Gasteiger partial charge on any atom is -0.457 e. The molecular formula is C15H12BrN3O2. The topological polar surface area (TPSA) is 69.3 Å². The minimum absolute atomic E-state index is 0.0611. The standard InChI is InChI=1S/C15H12BrN3O2/c1-19-12(14(20)18-15(19)17)8-11-6-7-13(21-11)9-2-4-10(16)5-3-9/h2-8H,1H3,(H2,17,18,20)/b12-8+. The first-order chi connectivity index (χ1) is 10.0. The van der Waals surface area contributed by atoms with E-state index < -0.39 is 0 Å². The number of hydrogen-bond acceptors (Lipinski definition) is 3. The second-order valence-electron chi connectivity index (χ2n) is 4.60. The maximum absolute atomic E-state index is 11.7. The van der Waals surface area contributed by atoms with Crippen molar-refractivity contribution in [3.8, 4) is 11.3 Å². The third kappa shape index (κ3) is 2.62. The zero-order valence-corrected chi connectivity index (χ0v) is 12.8. The molecule has 0 aliphatic carbocycles. The van der Waals surface area contributed by atoms with Gasteiger partial charge in [-0.1, -0.05) is 28.1 Å². The first kappa shape index (κ1) is 13.6. The Morgan fingerprint density at radius 3 is 2.57 bits per heavy atom. The van der Waals surface area contributed by atoms with Crippen molar-refractivity contribution in [3.05, 3.63) is 52.3 Å². The number of benzene rings is 1. The summed E-state index contributed by atoms with van der Waals surface area (Å²) in [5, 5.41) is 10.00. The predicted octanol–water partition coefficient (Wildman–Crippen LogP) is 3.05. The number of nitrogens with zero attached hydrogens (tertiary/aromatic N) is 1. The Balaban J connectivity index is 1.90. The average Bonchev–Trinajstić information content (AvgIpc) is 3.01. The molecule has 3 rings (SSSR count). The van der Waals surface area contributed by atoms with Gasteiger partial charge in [0.05, 0.1) is 0 Å². The van der Waals surface area contributed by atoms with E-state index in [1.54, 1.807) is 19.2 Å². The van der Waals surface area contributed by atoms with Gasteiger partial charge in [-0.15, -0.1) is 0 Å². The normalized spacial score (nSPS) is 16.7. The van der Waals surface area contributed by atoms with E-state index in [0.29, 0.717) is 11.5 Å². The van der Waals surface area contributed by atoms with E-state index >= 15 is 0 Å². The smallest absolute Gasteiger partial charge is 0.274 e. The lowest BCUT2D eigenvalue weighted by Gasteiger charge is -2.07. The molecule has 1 amide bonds. The Bertz CT molecular complexity index is 747. The van der Waals surface area contributed by atoms with E-state index in [1.807, 2.05) is 30.3 Å². The van der Waals surface area contributed by atoms with Crippen molar-refractivity contribution in [2.24, 2.45) is 0 Å². The minimum atomic E-state index is -0.302. The molecule has 21 heavy (non-hydrogen) atoms. The third-order valence-electron chi connectivity index (χ3n) is 3.20. The molecule has 2 heterocycles. The van der Waals surface area contributed by atoms with Crippen LogP contribution < -0.4 is 5.32 Å². The third-order valence-corrected chi connectivity index (χ3v) is 3.72. The highest BCUT2D eigenvalue weighted by Crippen LogP contribution is 2.25. The molecule has 106 valence electrons.